The number of likely N-dealkylation sites (N-methyl/N-ethyl adjacent to an activating group) is 1. The number of benzene rings is 1. The number of hydrogen-bond acceptors (Lipinski definition) is 4. The Hall–Kier alpha value is -1.15. The molecule has 1 heterocycles. The third-order valence-corrected chi connectivity index (χ3v) is 6.54. The molecule has 0 radical (unpaired) electrons. The van der Waals surface area contributed by atoms with E-state index in [-0.39, 0.29) is 21.7 Å². The molecule has 8 heteroatoms. The van der Waals surface area contributed by atoms with Gasteiger partial charge in [-0.1, -0.05) is 23.7 Å². The zero-order chi connectivity index (χ0) is 17.7. The first-order valence-corrected chi connectivity index (χ1v) is 9.81. The molecule has 1 aromatic carbocycles. The van der Waals surface area contributed by atoms with Gasteiger partial charge in [-0.25, -0.2) is 8.42 Å². The van der Waals surface area contributed by atoms with E-state index in [1.165, 1.54) is 10.4 Å². The van der Waals surface area contributed by atoms with Crippen LogP contribution in [0.2, 0.25) is 5.02 Å². The lowest BCUT2D eigenvalue weighted by Gasteiger charge is -2.30. The van der Waals surface area contributed by atoms with Crippen LogP contribution in [-0.2, 0) is 14.8 Å². The van der Waals surface area contributed by atoms with E-state index in [1.807, 2.05) is 19.0 Å². The molecule has 24 heavy (non-hydrogen) atoms. The Bertz CT molecular complexity index is 671. The molecular formula is C16H24ClN3O3S. The molecule has 1 aliphatic rings. The molecule has 0 atom stereocenters. The molecule has 134 valence electrons. The summed E-state index contributed by atoms with van der Waals surface area (Å²) < 4.78 is 26.7. The van der Waals surface area contributed by atoms with Crippen molar-refractivity contribution in [3.05, 3.63) is 29.3 Å². The summed E-state index contributed by atoms with van der Waals surface area (Å²) in [5.74, 6) is -0.128. The Balaban J connectivity index is 1.93. The highest BCUT2D eigenvalue weighted by Gasteiger charge is 2.32. The molecule has 1 fully saturated rings. The number of carbonyl (C=O) groups is 1. The maximum atomic E-state index is 12.7. The Kier molecular flexibility index (Phi) is 6.62. The van der Waals surface area contributed by atoms with Gasteiger partial charge in [0, 0.05) is 32.1 Å². The van der Waals surface area contributed by atoms with Gasteiger partial charge in [0.2, 0.25) is 15.9 Å². The Morgan fingerprint density at radius 3 is 2.50 bits per heavy atom. The first kappa shape index (κ1) is 19.2. The Morgan fingerprint density at radius 2 is 1.92 bits per heavy atom. The maximum Gasteiger partial charge on any atom is 0.244 e. The van der Waals surface area contributed by atoms with Crippen LogP contribution in [0.1, 0.15) is 12.8 Å². The molecule has 1 N–H and O–H groups in total. The van der Waals surface area contributed by atoms with E-state index in [9.17, 15) is 13.2 Å². The fraction of sp³-hybridized carbons (Fsp3) is 0.562. The molecule has 1 saturated heterocycles. The van der Waals surface area contributed by atoms with Crippen LogP contribution < -0.4 is 5.32 Å². The minimum Gasteiger partial charge on any atom is -0.355 e. The fourth-order valence-corrected chi connectivity index (χ4v) is 4.66. The summed E-state index contributed by atoms with van der Waals surface area (Å²) >= 11 is 6.02. The van der Waals surface area contributed by atoms with Gasteiger partial charge in [0.15, 0.2) is 0 Å². The molecule has 0 spiro atoms. The number of sulfonamides is 1. The van der Waals surface area contributed by atoms with Crippen LogP contribution in [0.3, 0.4) is 0 Å². The molecule has 2 rings (SSSR count). The van der Waals surface area contributed by atoms with Crippen LogP contribution >= 0.6 is 11.6 Å². The monoisotopic (exact) mass is 373 g/mol. The van der Waals surface area contributed by atoms with E-state index in [0.29, 0.717) is 32.5 Å². The van der Waals surface area contributed by atoms with Gasteiger partial charge in [-0.15, -0.1) is 0 Å². The highest BCUT2D eigenvalue weighted by atomic mass is 35.5. The highest BCUT2D eigenvalue weighted by Crippen LogP contribution is 2.28. The van der Waals surface area contributed by atoms with Crippen LogP contribution in [0, 0.1) is 5.92 Å². The van der Waals surface area contributed by atoms with E-state index < -0.39 is 10.0 Å². The lowest BCUT2D eigenvalue weighted by atomic mass is 9.97. The average molecular weight is 374 g/mol. The summed E-state index contributed by atoms with van der Waals surface area (Å²) in [5.41, 5.74) is 0. The van der Waals surface area contributed by atoms with Crippen molar-refractivity contribution in [2.24, 2.45) is 5.92 Å². The van der Waals surface area contributed by atoms with Crippen LogP contribution in [0.15, 0.2) is 29.2 Å². The number of hydrogen-bond donors (Lipinski definition) is 1. The predicted molar refractivity (Wildman–Crippen MR) is 94.5 cm³/mol. The first-order chi connectivity index (χ1) is 11.3. The normalized spacial score (nSPS) is 17.2. The SMILES string of the molecule is CN(C)CCNC(=O)C1CCN(S(=O)(=O)c2ccccc2Cl)CC1. The van der Waals surface area contributed by atoms with Crippen LogP contribution in [0.25, 0.3) is 0 Å². The summed E-state index contributed by atoms with van der Waals surface area (Å²) in [5, 5.41) is 3.13. The van der Waals surface area contributed by atoms with E-state index >= 15 is 0 Å². The van der Waals surface area contributed by atoms with Gasteiger partial charge in [0.25, 0.3) is 0 Å². The van der Waals surface area contributed by atoms with Crippen molar-refractivity contribution >= 4 is 27.5 Å². The predicted octanol–water partition coefficient (Wildman–Crippen LogP) is 1.42. The molecule has 6 nitrogen and oxygen atoms in total. The van der Waals surface area contributed by atoms with Gasteiger partial charge in [-0.05, 0) is 39.1 Å². The molecule has 0 aliphatic carbocycles. The minimum atomic E-state index is -3.61. The van der Waals surface area contributed by atoms with Gasteiger partial charge in [0.05, 0.1) is 5.02 Å². The summed E-state index contributed by atoms with van der Waals surface area (Å²) in [6.07, 6.45) is 1.05. The molecule has 0 bridgehead atoms. The third kappa shape index (κ3) is 4.69. The van der Waals surface area contributed by atoms with Crippen molar-refractivity contribution in [2.45, 2.75) is 17.7 Å². The van der Waals surface area contributed by atoms with Crippen molar-refractivity contribution in [1.82, 2.24) is 14.5 Å². The molecule has 0 aromatic heterocycles. The van der Waals surface area contributed by atoms with Gasteiger partial charge in [-0.3, -0.25) is 4.79 Å². The van der Waals surface area contributed by atoms with E-state index in [1.54, 1.807) is 18.2 Å². The Labute approximate surface area is 148 Å². The zero-order valence-electron chi connectivity index (χ0n) is 14.0. The van der Waals surface area contributed by atoms with Crippen molar-refractivity contribution in [2.75, 3.05) is 40.3 Å². The summed E-state index contributed by atoms with van der Waals surface area (Å²) in [6, 6.07) is 6.44. The summed E-state index contributed by atoms with van der Waals surface area (Å²) in [7, 11) is 0.290. The van der Waals surface area contributed by atoms with Crippen molar-refractivity contribution in [3.63, 3.8) is 0 Å². The number of rotatable bonds is 6. The van der Waals surface area contributed by atoms with Gasteiger partial charge < -0.3 is 10.2 Å². The van der Waals surface area contributed by atoms with E-state index in [4.69, 9.17) is 11.6 Å². The molecular weight excluding hydrogens is 350 g/mol. The minimum absolute atomic E-state index is 0.00615. The zero-order valence-corrected chi connectivity index (χ0v) is 15.6. The second kappa shape index (κ2) is 8.29. The van der Waals surface area contributed by atoms with Crippen molar-refractivity contribution in [3.8, 4) is 0 Å². The number of nitrogens with one attached hydrogen (secondary N) is 1. The number of halogens is 1. The van der Waals surface area contributed by atoms with Crippen molar-refractivity contribution < 1.29 is 13.2 Å². The molecule has 0 saturated carbocycles. The summed E-state index contributed by atoms with van der Waals surface area (Å²) in [4.78, 5) is 14.3. The highest BCUT2D eigenvalue weighted by molar-refractivity contribution is 7.89. The Morgan fingerprint density at radius 1 is 1.29 bits per heavy atom. The fourth-order valence-electron chi connectivity index (χ4n) is 2.70. The topological polar surface area (TPSA) is 69.7 Å². The lowest BCUT2D eigenvalue weighted by Crippen LogP contribution is -2.44. The van der Waals surface area contributed by atoms with E-state index in [2.05, 4.69) is 5.32 Å². The number of amides is 1. The number of piperidine rings is 1. The second-order valence-electron chi connectivity index (χ2n) is 6.20. The third-order valence-electron chi connectivity index (χ3n) is 4.14. The number of carbonyl (C=O) groups excluding carboxylic acids is 1. The largest absolute Gasteiger partial charge is 0.355 e. The van der Waals surface area contributed by atoms with Gasteiger partial charge in [-0.2, -0.15) is 4.31 Å². The van der Waals surface area contributed by atoms with Crippen molar-refractivity contribution in [1.29, 1.82) is 0 Å². The standard InChI is InChI=1S/C16H24ClN3O3S/c1-19(2)12-9-18-16(21)13-7-10-20(11-8-13)24(22,23)15-6-4-3-5-14(15)17/h3-6,13H,7-12H2,1-2H3,(H,18,21). The molecule has 1 amide bonds. The average Bonchev–Trinajstić information content (AvgIpc) is 2.54. The van der Waals surface area contributed by atoms with E-state index in [0.717, 1.165) is 6.54 Å². The lowest BCUT2D eigenvalue weighted by molar-refractivity contribution is -0.126. The van der Waals surface area contributed by atoms with Crippen LogP contribution in [-0.4, -0.2) is 63.8 Å². The molecule has 0 unspecified atom stereocenters. The van der Waals surface area contributed by atoms with Crippen LogP contribution in [0.4, 0.5) is 0 Å². The molecule has 1 aliphatic heterocycles. The quantitative estimate of drug-likeness (QED) is 0.818. The van der Waals surface area contributed by atoms with Gasteiger partial charge >= 0.3 is 0 Å². The number of nitrogens with zero attached hydrogens (tertiary/aromatic N) is 2. The van der Waals surface area contributed by atoms with Crippen LogP contribution in [0.5, 0.6) is 0 Å². The molecule has 1 aromatic rings. The second-order valence-corrected chi connectivity index (χ2v) is 8.52. The summed E-state index contributed by atoms with van der Waals surface area (Å²) in [6.45, 7) is 2.05. The first-order valence-electron chi connectivity index (χ1n) is 7.99. The maximum absolute atomic E-state index is 12.7. The smallest absolute Gasteiger partial charge is 0.244 e. The van der Waals surface area contributed by atoms with Gasteiger partial charge in [0.1, 0.15) is 4.90 Å².